The predicted octanol–water partition coefficient (Wildman–Crippen LogP) is 4.22. The highest BCUT2D eigenvalue weighted by molar-refractivity contribution is 5.88. The summed E-state index contributed by atoms with van der Waals surface area (Å²) in [6, 6.07) is 4.30. The number of carboxylic acid groups (broad SMARTS) is 1. The van der Waals surface area contributed by atoms with Crippen LogP contribution in [-0.4, -0.2) is 38.1 Å². The molecular weight excluding hydrogens is 344 g/mol. The lowest BCUT2D eigenvalue weighted by Crippen LogP contribution is -2.35. The zero-order chi connectivity index (χ0) is 20.6. The van der Waals surface area contributed by atoms with E-state index in [0.29, 0.717) is 18.4 Å². The van der Waals surface area contributed by atoms with E-state index in [1.807, 2.05) is 19.9 Å². The lowest BCUT2D eigenvalue weighted by Gasteiger charge is -2.24. The van der Waals surface area contributed by atoms with Gasteiger partial charge in [0.2, 0.25) is 0 Å². The first-order chi connectivity index (χ1) is 12.5. The average molecular weight is 376 g/mol. The van der Waals surface area contributed by atoms with Gasteiger partial charge in [0.25, 0.3) is 0 Å². The molecule has 1 aromatic carbocycles. The minimum absolute atomic E-state index is 0.102. The van der Waals surface area contributed by atoms with Gasteiger partial charge < -0.3 is 20.4 Å². The van der Waals surface area contributed by atoms with E-state index < -0.39 is 17.7 Å². The molecule has 1 rings (SSSR count). The van der Waals surface area contributed by atoms with Gasteiger partial charge in [-0.25, -0.2) is 4.79 Å². The van der Waals surface area contributed by atoms with E-state index in [4.69, 9.17) is 5.11 Å². The zero-order valence-electron chi connectivity index (χ0n) is 16.7. The highest BCUT2D eigenvalue weighted by atomic mass is 16.4. The third-order valence-corrected chi connectivity index (χ3v) is 4.66. The SMILES string of the molecule is C/C(=C\Cc1cc(C(=O)O)ccc1O)CC/C=C(\C)CC[C@@H](O)C(C)(C)O. The highest BCUT2D eigenvalue weighted by Crippen LogP contribution is 2.21. The summed E-state index contributed by atoms with van der Waals surface area (Å²) in [6.07, 6.45) is 6.89. The molecule has 0 aromatic heterocycles. The third-order valence-electron chi connectivity index (χ3n) is 4.66. The summed E-state index contributed by atoms with van der Waals surface area (Å²) < 4.78 is 0. The number of benzene rings is 1. The van der Waals surface area contributed by atoms with Gasteiger partial charge in [-0.15, -0.1) is 0 Å². The van der Waals surface area contributed by atoms with Crippen molar-refractivity contribution >= 4 is 5.97 Å². The minimum Gasteiger partial charge on any atom is -0.508 e. The molecule has 0 aliphatic heterocycles. The Labute approximate surface area is 161 Å². The number of aromatic hydroxyl groups is 1. The molecule has 0 bridgehead atoms. The van der Waals surface area contributed by atoms with E-state index in [0.717, 1.165) is 24.8 Å². The van der Waals surface area contributed by atoms with E-state index in [1.165, 1.54) is 23.8 Å². The van der Waals surface area contributed by atoms with E-state index in [2.05, 4.69) is 6.08 Å². The first-order valence-corrected chi connectivity index (χ1v) is 9.27. The van der Waals surface area contributed by atoms with Crippen molar-refractivity contribution in [2.24, 2.45) is 0 Å². The first-order valence-electron chi connectivity index (χ1n) is 9.27. The number of rotatable bonds is 10. The number of aromatic carboxylic acids is 1. The summed E-state index contributed by atoms with van der Waals surface area (Å²) in [5.74, 6) is -0.905. The molecule has 0 heterocycles. The van der Waals surface area contributed by atoms with Gasteiger partial charge in [0.05, 0.1) is 17.3 Å². The Hall–Kier alpha value is -2.11. The maximum absolute atomic E-state index is 11.0. The monoisotopic (exact) mass is 376 g/mol. The van der Waals surface area contributed by atoms with Gasteiger partial charge >= 0.3 is 5.97 Å². The zero-order valence-corrected chi connectivity index (χ0v) is 16.7. The Morgan fingerprint density at radius 1 is 1.15 bits per heavy atom. The second kappa shape index (κ2) is 10.3. The molecular formula is C22H32O5. The van der Waals surface area contributed by atoms with Crippen LogP contribution in [0.25, 0.3) is 0 Å². The first kappa shape index (κ1) is 22.9. The Morgan fingerprint density at radius 2 is 1.78 bits per heavy atom. The molecule has 1 aromatic rings. The number of aliphatic hydroxyl groups excluding tert-OH is 1. The van der Waals surface area contributed by atoms with Gasteiger partial charge in [-0.2, -0.15) is 0 Å². The van der Waals surface area contributed by atoms with Crippen molar-refractivity contribution in [3.05, 3.63) is 52.6 Å². The van der Waals surface area contributed by atoms with E-state index >= 15 is 0 Å². The van der Waals surface area contributed by atoms with Gasteiger partial charge in [-0.3, -0.25) is 0 Å². The normalized spacial score (nSPS) is 14.3. The number of carboxylic acids is 1. The summed E-state index contributed by atoms with van der Waals surface area (Å²) in [5.41, 5.74) is 2.03. The summed E-state index contributed by atoms with van der Waals surface area (Å²) in [5, 5.41) is 38.5. The largest absolute Gasteiger partial charge is 0.508 e. The lowest BCUT2D eigenvalue weighted by molar-refractivity contribution is -0.0509. The van der Waals surface area contributed by atoms with Crippen LogP contribution in [0.3, 0.4) is 0 Å². The molecule has 4 N–H and O–H groups in total. The van der Waals surface area contributed by atoms with Crippen molar-refractivity contribution in [3.8, 4) is 5.75 Å². The maximum atomic E-state index is 11.0. The summed E-state index contributed by atoms with van der Waals surface area (Å²) in [4.78, 5) is 11.0. The standard InChI is InChI=1S/C22H32O5/c1-15(6-5-7-16(2)9-13-20(24)22(3,4)27)8-10-17-14-18(21(25)26)11-12-19(17)23/h7-8,11-12,14,20,23-24,27H,5-6,9-10,13H2,1-4H3,(H,25,26)/b15-8+,16-7+/t20-/m1/s1. The Morgan fingerprint density at radius 3 is 2.37 bits per heavy atom. The topological polar surface area (TPSA) is 98.0 Å². The molecule has 27 heavy (non-hydrogen) atoms. The molecule has 0 unspecified atom stereocenters. The van der Waals surface area contributed by atoms with Gasteiger partial charge in [-0.1, -0.05) is 23.3 Å². The molecule has 5 nitrogen and oxygen atoms in total. The number of phenols is 1. The molecule has 0 aliphatic rings. The molecule has 1 atom stereocenters. The molecule has 0 saturated heterocycles. The molecule has 0 saturated carbocycles. The number of hydrogen-bond donors (Lipinski definition) is 4. The van der Waals surface area contributed by atoms with E-state index in [1.54, 1.807) is 13.8 Å². The van der Waals surface area contributed by atoms with Crippen LogP contribution in [0.15, 0.2) is 41.5 Å². The highest BCUT2D eigenvalue weighted by Gasteiger charge is 2.23. The number of hydrogen-bond acceptors (Lipinski definition) is 4. The Bertz CT molecular complexity index is 695. The van der Waals surface area contributed by atoms with Crippen LogP contribution in [0.5, 0.6) is 5.75 Å². The second-order valence-corrected chi connectivity index (χ2v) is 7.70. The van der Waals surface area contributed by atoms with Crippen molar-refractivity contribution in [1.82, 2.24) is 0 Å². The van der Waals surface area contributed by atoms with Gasteiger partial charge in [0, 0.05) is 0 Å². The molecule has 0 amide bonds. The lowest BCUT2D eigenvalue weighted by atomic mass is 9.95. The predicted molar refractivity (Wildman–Crippen MR) is 107 cm³/mol. The van der Waals surface area contributed by atoms with Crippen LogP contribution >= 0.6 is 0 Å². The quantitative estimate of drug-likeness (QED) is 0.458. The Kier molecular flexibility index (Phi) is 8.73. The molecule has 0 radical (unpaired) electrons. The summed E-state index contributed by atoms with van der Waals surface area (Å²) >= 11 is 0. The fourth-order valence-corrected chi connectivity index (χ4v) is 2.63. The minimum atomic E-state index is -1.08. The van der Waals surface area contributed by atoms with Crippen molar-refractivity contribution in [1.29, 1.82) is 0 Å². The number of aliphatic hydroxyl groups is 2. The van der Waals surface area contributed by atoms with Crippen molar-refractivity contribution in [2.75, 3.05) is 0 Å². The fraction of sp³-hybridized carbons (Fsp3) is 0.500. The average Bonchev–Trinajstić information content (AvgIpc) is 2.57. The van der Waals surface area contributed by atoms with Gasteiger partial charge in [-0.05, 0) is 83.6 Å². The number of carbonyl (C=O) groups is 1. The number of allylic oxidation sites excluding steroid dienone is 4. The van der Waals surface area contributed by atoms with Crippen molar-refractivity contribution in [2.45, 2.75) is 71.5 Å². The van der Waals surface area contributed by atoms with Crippen LogP contribution < -0.4 is 0 Å². The fourth-order valence-electron chi connectivity index (χ4n) is 2.63. The van der Waals surface area contributed by atoms with Crippen LogP contribution in [0.2, 0.25) is 0 Å². The molecule has 150 valence electrons. The molecule has 5 heteroatoms. The van der Waals surface area contributed by atoms with E-state index in [9.17, 15) is 20.1 Å². The molecule has 0 spiro atoms. The summed E-state index contributed by atoms with van der Waals surface area (Å²) in [6.45, 7) is 7.24. The molecule has 0 fully saturated rings. The number of phenolic OH excluding ortho intramolecular Hbond substituents is 1. The maximum Gasteiger partial charge on any atom is 0.335 e. The van der Waals surface area contributed by atoms with Crippen molar-refractivity contribution < 1.29 is 25.2 Å². The van der Waals surface area contributed by atoms with Crippen molar-refractivity contribution in [3.63, 3.8) is 0 Å². The van der Waals surface area contributed by atoms with Gasteiger partial charge in [0.15, 0.2) is 0 Å². The molecule has 0 aliphatic carbocycles. The smallest absolute Gasteiger partial charge is 0.335 e. The van der Waals surface area contributed by atoms with E-state index in [-0.39, 0.29) is 11.3 Å². The summed E-state index contributed by atoms with van der Waals surface area (Å²) in [7, 11) is 0. The van der Waals surface area contributed by atoms with Crippen LogP contribution in [0, 0.1) is 0 Å². The third kappa shape index (κ3) is 8.41. The van der Waals surface area contributed by atoms with Crippen LogP contribution in [-0.2, 0) is 6.42 Å². The van der Waals surface area contributed by atoms with Crippen LogP contribution in [0.4, 0.5) is 0 Å². The van der Waals surface area contributed by atoms with Crippen LogP contribution in [0.1, 0.15) is 69.3 Å². The second-order valence-electron chi connectivity index (χ2n) is 7.70. The Balaban J connectivity index is 2.51. The van der Waals surface area contributed by atoms with Gasteiger partial charge in [0.1, 0.15) is 5.75 Å².